The van der Waals surface area contributed by atoms with E-state index in [1.807, 2.05) is 12.3 Å². The van der Waals surface area contributed by atoms with Crippen LogP contribution in [0.4, 0.5) is 11.5 Å². The fourth-order valence-corrected chi connectivity index (χ4v) is 3.18. The minimum atomic E-state index is -0.486. The summed E-state index contributed by atoms with van der Waals surface area (Å²) in [6, 6.07) is 5.25. The van der Waals surface area contributed by atoms with Gasteiger partial charge in [0.2, 0.25) is 0 Å². The molecule has 0 bridgehead atoms. The maximum atomic E-state index is 10.7. The summed E-state index contributed by atoms with van der Waals surface area (Å²) in [5.74, 6) is -0.130. The van der Waals surface area contributed by atoms with Crippen LogP contribution < -0.4 is 4.90 Å². The highest BCUT2D eigenvalue weighted by Crippen LogP contribution is 2.29. The molecule has 0 aliphatic carbocycles. The Bertz CT molecular complexity index is 615. The van der Waals surface area contributed by atoms with Gasteiger partial charge in [0.25, 0.3) is 0 Å². The molecular weight excluding hydrogens is 290 g/mol. The first-order valence-corrected chi connectivity index (χ1v) is 7.60. The SMILES string of the molecule is C[C@H]1CN(c2ccc([N+](=O)[O-])nc2)C[C@@H](c2ccsc2)O1. The third-order valence-corrected chi connectivity index (χ3v) is 4.16. The minimum absolute atomic E-state index is 0.0233. The van der Waals surface area contributed by atoms with E-state index in [-0.39, 0.29) is 18.0 Å². The van der Waals surface area contributed by atoms with Gasteiger partial charge in [-0.05, 0) is 45.3 Å². The van der Waals surface area contributed by atoms with Gasteiger partial charge in [0.05, 0.1) is 11.8 Å². The predicted octanol–water partition coefficient (Wildman–Crippen LogP) is 3.02. The second-order valence-corrected chi connectivity index (χ2v) is 5.81. The quantitative estimate of drug-likeness (QED) is 0.644. The van der Waals surface area contributed by atoms with Gasteiger partial charge in [-0.25, -0.2) is 0 Å². The number of thiophene rings is 1. The van der Waals surface area contributed by atoms with Crippen molar-refractivity contribution in [3.63, 3.8) is 0 Å². The van der Waals surface area contributed by atoms with Crippen molar-refractivity contribution in [2.45, 2.75) is 19.1 Å². The Hall–Kier alpha value is -1.99. The molecule has 110 valence electrons. The van der Waals surface area contributed by atoms with Crippen molar-refractivity contribution in [2.75, 3.05) is 18.0 Å². The van der Waals surface area contributed by atoms with Crippen LogP contribution in [-0.4, -0.2) is 29.1 Å². The van der Waals surface area contributed by atoms with Gasteiger partial charge in [-0.2, -0.15) is 11.3 Å². The predicted molar refractivity (Wildman–Crippen MR) is 80.7 cm³/mol. The average molecular weight is 305 g/mol. The summed E-state index contributed by atoms with van der Waals surface area (Å²) in [4.78, 5) is 16.2. The highest BCUT2D eigenvalue weighted by Gasteiger charge is 2.27. The first-order chi connectivity index (χ1) is 10.1. The number of nitrogens with zero attached hydrogens (tertiary/aromatic N) is 3. The third-order valence-electron chi connectivity index (χ3n) is 3.46. The zero-order chi connectivity index (χ0) is 14.8. The third kappa shape index (κ3) is 3.03. The molecule has 1 aliphatic rings. The van der Waals surface area contributed by atoms with E-state index < -0.39 is 4.92 Å². The second-order valence-electron chi connectivity index (χ2n) is 5.03. The van der Waals surface area contributed by atoms with Crippen LogP contribution in [0.15, 0.2) is 35.2 Å². The number of rotatable bonds is 3. The van der Waals surface area contributed by atoms with Crippen LogP contribution in [0, 0.1) is 10.1 Å². The molecule has 1 saturated heterocycles. The molecule has 0 amide bonds. The maximum absolute atomic E-state index is 10.7. The van der Waals surface area contributed by atoms with Gasteiger partial charge in [-0.15, -0.1) is 0 Å². The number of aromatic nitrogens is 1. The number of hydrogen-bond acceptors (Lipinski definition) is 6. The number of nitro groups is 1. The summed E-state index contributed by atoms with van der Waals surface area (Å²) in [6.45, 7) is 3.50. The topological polar surface area (TPSA) is 68.5 Å². The van der Waals surface area contributed by atoms with E-state index in [0.29, 0.717) is 0 Å². The lowest BCUT2D eigenvalue weighted by Crippen LogP contribution is -2.42. The Morgan fingerprint density at radius 1 is 1.43 bits per heavy atom. The van der Waals surface area contributed by atoms with Gasteiger partial charge in [0, 0.05) is 19.2 Å². The summed E-state index contributed by atoms with van der Waals surface area (Å²) in [5, 5.41) is 14.8. The van der Waals surface area contributed by atoms with Gasteiger partial charge >= 0.3 is 5.82 Å². The number of hydrogen-bond donors (Lipinski definition) is 0. The van der Waals surface area contributed by atoms with Gasteiger partial charge in [0.15, 0.2) is 6.20 Å². The lowest BCUT2D eigenvalue weighted by Gasteiger charge is -2.37. The summed E-state index contributed by atoms with van der Waals surface area (Å²) in [5.41, 5.74) is 2.06. The van der Waals surface area contributed by atoms with Crippen LogP contribution in [0.3, 0.4) is 0 Å². The number of anilines is 1. The number of morpholine rings is 1. The van der Waals surface area contributed by atoms with Gasteiger partial charge in [-0.1, -0.05) is 0 Å². The molecule has 2 aromatic heterocycles. The van der Waals surface area contributed by atoms with Crippen LogP contribution in [0.1, 0.15) is 18.6 Å². The molecule has 21 heavy (non-hydrogen) atoms. The molecule has 3 rings (SSSR count). The Morgan fingerprint density at radius 3 is 2.90 bits per heavy atom. The highest BCUT2D eigenvalue weighted by atomic mass is 32.1. The summed E-state index contributed by atoms with van der Waals surface area (Å²) >= 11 is 1.65. The normalized spacial score (nSPS) is 22.2. The van der Waals surface area contributed by atoms with E-state index in [1.54, 1.807) is 23.6 Å². The van der Waals surface area contributed by atoms with Crippen LogP contribution in [-0.2, 0) is 4.74 Å². The van der Waals surface area contributed by atoms with Crippen molar-refractivity contribution in [1.29, 1.82) is 0 Å². The van der Waals surface area contributed by atoms with E-state index in [0.717, 1.165) is 18.8 Å². The summed E-state index contributed by atoms with van der Waals surface area (Å²) < 4.78 is 5.98. The van der Waals surface area contributed by atoms with Crippen LogP contribution in [0.25, 0.3) is 0 Å². The molecule has 0 N–H and O–H groups in total. The fourth-order valence-electron chi connectivity index (χ4n) is 2.48. The summed E-state index contributed by atoms with van der Waals surface area (Å²) in [7, 11) is 0. The van der Waals surface area contributed by atoms with Crippen molar-refractivity contribution in [3.8, 4) is 0 Å². The van der Waals surface area contributed by atoms with E-state index >= 15 is 0 Å². The standard InChI is InChI=1S/C14H15N3O3S/c1-10-7-16(8-13(20-10)11-4-5-21-9-11)12-2-3-14(15-6-12)17(18)19/h2-6,9-10,13H,7-8H2,1H3/t10-,13-/m0/s1. The van der Waals surface area contributed by atoms with Crippen LogP contribution >= 0.6 is 11.3 Å². The highest BCUT2D eigenvalue weighted by molar-refractivity contribution is 7.07. The Labute approximate surface area is 126 Å². The van der Waals surface area contributed by atoms with Gasteiger partial charge < -0.3 is 19.8 Å². The fraction of sp³-hybridized carbons (Fsp3) is 0.357. The van der Waals surface area contributed by atoms with E-state index in [9.17, 15) is 10.1 Å². The molecule has 7 heteroatoms. The number of ether oxygens (including phenoxy) is 1. The molecule has 0 saturated carbocycles. The summed E-state index contributed by atoms with van der Waals surface area (Å²) in [6.07, 6.45) is 1.68. The molecule has 3 heterocycles. The lowest BCUT2D eigenvalue weighted by molar-refractivity contribution is -0.389. The molecule has 0 spiro atoms. The molecule has 2 atom stereocenters. The van der Waals surface area contributed by atoms with Crippen LogP contribution in [0.5, 0.6) is 0 Å². The Kier molecular flexibility index (Phi) is 3.85. The molecular formula is C14H15N3O3S. The van der Waals surface area contributed by atoms with Gasteiger partial charge in [0.1, 0.15) is 6.10 Å². The van der Waals surface area contributed by atoms with E-state index in [4.69, 9.17) is 4.74 Å². The van der Waals surface area contributed by atoms with Crippen molar-refractivity contribution in [3.05, 3.63) is 50.8 Å². The smallest absolute Gasteiger partial charge is 0.363 e. The van der Waals surface area contributed by atoms with Crippen molar-refractivity contribution < 1.29 is 9.66 Å². The molecule has 6 nitrogen and oxygen atoms in total. The molecule has 0 radical (unpaired) electrons. The largest absolute Gasteiger partial charge is 0.367 e. The zero-order valence-electron chi connectivity index (χ0n) is 11.5. The second kappa shape index (κ2) is 5.79. The molecule has 1 aliphatic heterocycles. The minimum Gasteiger partial charge on any atom is -0.367 e. The lowest BCUT2D eigenvalue weighted by atomic mass is 10.1. The van der Waals surface area contributed by atoms with Crippen molar-refractivity contribution >= 4 is 22.8 Å². The average Bonchev–Trinajstić information content (AvgIpc) is 3.01. The van der Waals surface area contributed by atoms with Gasteiger partial charge in [-0.3, -0.25) is 0 Å². The molecule has 0 unspecified atom stereocenters. The van der Waals surface area contributed by atoms with E-state index in [1.165, 1.54) is 11.6 Å². The maximum Gasteiger partial charge on any atom is 0.363 e. The molecule has 2 aromatic rings. The first-order valence-electron chi connectivity index (χ1n) is 6.66. The molecule has 0 aromatic carbocycles. The first kappa shape index (κ1) is 14.0. The van der Waals surface area contributed by atoms with E-state index in [2.05, 4.69) is 21.3 Å². The Balaban J connectivity index is 1.79. The van der Waals surface area contributed by atoms with Crippen LogP contribution in [0.2, 0.25) is 0 Å². The molecule has 1 fully saturated rings. The number of pyridine rings is 1. The Morgan fingerprint density at radius 2 is 2.29 bits per heavy atom. The monoisotopic (exact) mass is 305 g/mol. The van der Waals surface area contributed by atoms with Crippen molar-refractivity contribution in [1.82, 2.24) is 4.98 Å². The zero-order valence-corrected chi connectivity index (χ0v) is 12.3. The van der Waals surface area contributed by atoms with Crippen molar-refractivity contribution in [2.24, 2.45) is 0 Å².